The fourth-order valence-electron chi connectivity index (χ4n) is 4.58. The van der Waals surface area contributed by atoms with Gasteiger partial charge in [0.1, 0.15) is 0 Å². The smallest absolute Gasteiger partial charge is 0.323 e. The lowest BCUT2D eigenvalue weighted by Crippen LogP contribution is -2.42. The minimum absolute atomic E-state index is 0.145. The van der Waals surface area contributed by atoms with Gasteiger partial charge < -0.3 is 9.47 Å². The van der Waals surface area contributed by atoms with Crippen LogP contribution in [0, 0.1) is 5.41 Å². The average molecular weight is 599 g/mol. The standard InChI is InChI=1S/C33H46N2O8/c1-3-40-31(38)33(32(39)41-4-2,23-15-7-13-21-29(36)34-42-25-27-17-9-5-10-18-27)24-16-8-14-22-30(37)35-43-26-28-19-11-6-12-20-28/h5-6,9-12,17-20H,3-4,7-8,13-16,21-26H2,1-2H3,(H,34,36)(H,35,37). The summed E-state index contributed by atoms with van der Waals surface area (Å²) < 4.78 is 10.7. The highest BCUT2D eigenvalue weighted by Crippen LogP contribution is 2.35. The summed E-state index contributed by atoms with van der Waals surface area (Å²) in [6.45, 7) is 4.25. The van der Waals surface area contributed by atoms with Gasteiger partial charge in [0.2, 0.25) is 11.8 Å². The topological polar surface area (TPSA) is 129 Å². The first-order valence-corrected chi connectivity index (χ1v) is 15.1. The summed E-state index contributed by atoms with van der Waals surface area (Å²) in [6.07, 6.45) is 4.53. The van der Waals surface area contributed by atoms with Crippen molar-refractivity contribution in [3.05, 3.63) is 71.8 Å². The van der Waals surface area contributed by atoms with Gasteiger partial charge >= 0.3 is 11.9 Å². The SMILES string of the molecule is CCOC(=O)C(CCCCCC(=O)NOCc1ccccc1)(CCCCCC(=O)NOCc1ccccc1)C(=O)OCC. The van der Waals surface area contributed by atoms with Crippen molar-refractivity contribution in [2.45, 2.75) is 91.3 Å². The molecule has 0 aromatic heterocycles. The summed E-state index contributed by atoms with van der Waals surface area (Å²) in [5.41, 5.74) is 5.38. The Bertz CT molecular complexity index is 1010. The third-order valence-corrected chi connectivity index (χ3v) is 6.88. The van der Waals surface area contributed by atoms with Crippen molar-refractivity contribution in [1.82, 2.24) is 11.0 Å². The van der Waals surface area contributed by atoms with Gasteiger partial charge in [-0.3, -0.25) is 28.9 Å². The Morgan fingerprint density at radius 3 is 1.35 bits per heavy atom. The van der Waals surface area contributed by atoms with Crippen LogP contribution in [0.5, 0.6) is 0 Å². The summed E-state index contributed by atoms with van der Waals surface area (Å²) >= 11 is 0. The molecule has 2 aromatic rings. The maximum Gasteiger partial charge on any atom is 0.323 e. The molecule has 0 aliphatic carbocycles. The van der Waals surface area contributed by atoms with Crippen LogP contribution in [0.1, 0.15) is 89.2 Å². The Kier molecular flexibility index (Phi) is 17.3. The molecular weight excluding hydrogens is 552 g/mol. The second-order valence-corrected chi connectivity index (χ2v) is 10.2. The van der Waals surface area contributed by atoms with E-state index in [-0.39, 0.29) is 63.9 Å². The number of carbonyl (C=O) groups excluding carboxylic acids is 4. The summed E-state index contributed by atoms with van der Waals surface area (Å²) in [7, 11) is 0. The normalized spacial score (nSPS) is 11.0. The Hall–Kier alpha value is -3.76. The summed E-state index contributed by atoms with van der Waals surface area (Å²) in [5.74, 6) is -1.64. The third kappa shape index (κ3) is 13.8. The zero-order chi connectivity index (χ0) is 31.2. The Morgan fingerprint density at radius 1 is 0.581 bits per heavy atom. The summed E-state index contributed by atoms with van der Waals surface area (Å²) in [5, 5.41) is 0. The maximum absolute atomic E-state index is 13.1. The minimum Gasteiger partial charge on any atom is -0.465 e. The Morgan fingerprint density at radius 2 is 0.977 bits per heavy atom. The predicted octanol–water partition coefficient (Wildman–Crippen LogP) is 5.50. The van der Waals surface area contributed by atoms with Crippen LogP contribution in [0.25, 0.3) is 0 Å². The molecule has 2 N–H and O–H groups in total. The molecule has 43 heavy (non-hydrogen) atoms. The van der Waals surface area contributed by atoms with Gasteiger partial charge in [0.05, 0.1) is 26.4 Å². The molecule has 0 aliphatic rings. The number of unbranched alkanes of at least 4 members (excludes halogenated alkanes) is 4. The lowest BCUT2D eigenvalue weighted by atomic mass is 9.77. The highest BCUT2D eigenvalue weighted by Gasteiger charge is 2.47. The first-order valence-electron chi connectivity index (χ1n) is 15.1. The van der Waals surface area contributed by atoms with Crippen LogP contribution in [0.15, 0.2) is 60.7 Å². The van der Waals surface area contributed by atoms with Crippen LogP contribution in [-0.2, 0) is 51.5 Å². The first kappa shape index (κ1) is 35.4. The van der Waals surface area contributed by atoms with E-state index < -0.39 is 17.4 Å². The molecule has 0 fully saturated rings. The number of hydroxylamine groups is 2. The van der Waals surface area contributed by atoms with Crippen molar-refractivity contribution < 1.29 is 38.3 Å². The lowest BCUT2D eigenvalue weighted by molar-refractivity contribution is -0.173. The van der Waals surface area contributed by atoms with Gasteiger partial charge in [0.15, 0.2) is 5.41 Å². The third-order valence-electron chi connectivity index (χ3n) is 6.88. The van der Waals surface area contributed by atoms with Gasteiger partial charge in [0.25, 0.3) is 0 Å². The van der Waals surface area contributed by atoms with Gasteiger partial charge in [-0.05, 0) is 50.7 Å². The number of nitrogens with one attached hydrogen (secondary N) is 2. The van der Waals surface area contributed by atoms with Crippen LogP contribution < -0.4 is 11.0 Å². The van der Waals surface area contributed by atoms with E-state index in [1.807, 2.05) is 60.7 Å². The quantitative estimate of drug-likeness (QED) is 0.0787. The molecule has 10 nitrogen and oxygen atoms in total. The molecule has 0 aliphatic heterocycles. The number of amides is 2. The van der Waals surface area contributed by atoms with Crippen LogP contribution in [-0.4, -0.2) is 37.0 Å². The number of ether oxygens (including phenoxy) is 2. The van der Waals surface area contributed by atoms with E-state index in [0.29, 0.717) is 38.5 Å². The molecule has 0 saturated carbocycles. The van der Waals surface area contributed by atoms with Crippen LogP contribution >= 0.6 is 0 Å². The fourth-order valence-corrected chi connectivity index (χ4v) is 4.58. The van der Waals surface area contributed by atoms with E-state index in [2.05, 4.69) is 11.0 Å². The van der Waals surface area contributed by atoms with E-state index in [4.69, 9.17) is 19.1 Å². The van der Waals surface area contributed by atoms with Crippen molar-refractivity contribution >= 4 is 23.8 Å². The lowest BCUT2D eigenvalue weighted by Gasteiger charge is -2.29. The van der Waals surface area contributed by atoms with Crippen LogP contribution in [0.2, 0.25) is 0 Å². The highest BCUT2D eigenvalue weighted by atomic mass is 16.7. The molecule has 0 heterocycles. The van der Waals surface area contributed by atoms with Crippen molar-refractivity contribution in [2.24, 2.45) is 5.41 Å². The molecule has 2 aromatic carbocycles. The number of hydrogen-bond acceptors (Lipinski definition) is 8. The predicted molar refractivity (Wildman–Crippen MR) is 161 cm³/mol. The van der Waals surface area contributed by atoms with E-state index in [9.17, 15) is 19.2 Å². The molecular formula is C33H46N2O8. The zero-order valence-electron chi connectivity index (χ0n) is 25.4. The van der Waals surface area contributed by atoms with Crippen molar-refractivity contribution in [3.63, 3.8) is 0 Å². The van der Waals surface area contributed by atoms with Crippen LogP contribution in [0.4, 0.5) is 0 Å². The molecule has 0 atom stereocenters. The summed E-state index contributed by atoms with van der Waals surface area (Å²) in [4.78, 5) is 61.0. The van der Waals surface area contributed by atoms with Crippen molar-refractivity contribution in [1.29, 1.82) is 0 Å². The van der Waals surface area contributed by atoms with Crippen LogP contribution in [0.3, 0.4) is 0 Å². The molecule has 2 amide bonds. The highest BCUT2D eigenvalue weighted by molar-refractivity contribution is 6.00. The minimum atomic E-state index is -1.42. The largest absolute Gasteiger partial charge is 0.465 e. The number of rotatable bonds is 22. The molecule has 236 valence electrons. The van der Waals surface area contributed by atoms with Gasteiger partial charge in [-0.2, -0.15) is 0 Å². The monoisotopic (exact) mass is 598 g/mol. The molecule has 0 spiro atoms. The average Bonchev–Trinajstić information content (AvgIpc) is 3.01. The fraction of sp³-hybridized carbons (Fsp3) is 0.515. The second kappa shape index (κ2) is 21.0. The molecule has 10 heteroatoms. The first-order chi connectivity index (χ1) is 20.9. The van der Waals surface area contributed by atoms with Crippen molar-refractivity contribution in [2.75, 3.05) is 13.2 Å². The van der Waals surface area contributed by atoms with E-state index in [0.717, 1.165) is 11.1 Å². The van der Waals surface area contributed by atoms with Gasteiger partial charge in [-0.1, -0.05) is 86.3 Å². The van der Waals surface area contributed by atoms with E-state index in [1.165, 1.54) is 0 Å². The number of esters is 2. The second-order valence-electron chi connectivity index (χ2n) is 10.2. The maximum atomic E-state index is 13.1. The zero-order valence-corrected chi connectivity index (χ0v) is 25.4. The molecule has 0 radical (unpaired) electrons. The molecule has 0 unspecified atom stereocenters. The number of hydrogen-bond donors (Lipinski definition) is 2. The molecule has 0 bridgehead atoms. The van der Waals surface area contributed by atoms with Gasteiger partial charge in [-0.25, -0.2) is 11.0 Å². The Balaban J connectivity index is 1.77. The number of benzene rings is 2. The summed E-state index contributed by atoms with van der Waals surface area (Å²) in [6, 6.07) is 19.0. The molecule has 2 rings (SSSR count). The Labute approximate surface area is 254 Å². The van der Waals surface area contributed by atoms with E-state index >= 15 is 0 Å². The number of carbonyl (C=O) groups is 4. The van der Waals surface area contributed by atoms with E-state index in [1.54, 1.807) is 13.8 Å². The van der Waals surface area contributed by atoms with Gasteiger partial charge in [0, 0.05) is 12.8 Å². The molecule has 0 saturated heterocycles. The van der Waals surface area contributed by atoms with Crippen molar-refractivity contribution in [3.8, 4) is 0 Å². The van der Waals surface area contributed by atoms with Gasteiger partial charge in [-0.15, -0.1) is 0 Å².